The van der Waals surface area contributed by atoms with Crippen LogP contribution in [0.15, 0.2) is 34.9 Å². The summed E-state index contributed by atoms with van der Waals surface area (Å²) in [7, 11) is 0. The summed E-state index contributed by atoms with van der Waals surface area (Å²) >= 11 is 0. The van der Waals surface area contributed by atoms with Crippen LogP contribution in [0.3, 0.4) is 0 Å². The van der Waals surface area contributed by atoms with Crippen molar-refractivity contribution in [3.63, 3.8) is 0 Å². The van der Waals surface area contributed by atoms with Gasteiger partial charge in [0.2, 0.25) is 0 Å². The maximum absolute atomic E-state index is 10.4. The first-order valence-corrected chi connectivity index (χ1v) is 6.48. The molecular formula is C16H18O3. The molecular weight excluding hydrogens is 240 g/mol. The minimum atomic E-state index is -0.725. The van der Waals surface area contributed by atoms with Crippen molar-refractivity contribution in [2.75, 3.05) is 6.61 Å². The molecule has 2 heterocycles. The number of aliphatic hydroxyl groups is 1. The summed E-state index contributed by atoms with van der Waals surface area (Å²) in [4.78, 5) is 0. The van der Waals surface area contributed by atoms with E-state index in [-0.39, 0.29) is 5.41 Å². The van der Waals surface area contributed by atoms with Gasteiger partial charge in [0.1, 0.15) is 17.6 Å². The second kappa shape index (κ2) is 4.14. The van der Waals surface area contributed by atoms with E-state index >= 15 is 0 Å². The molecule has 3 rings (SSSR count). The van der Waals surface area contributed by atoms with Crippen LogP contribution in [0.5, 0.6) is 5.75 Å². The Morgan fingerprint density at radius 3 is 2.74 bits per heavy atom. The predicted molar refractivity (Wildman–Crippen MR) is 72.5 cm³/mol. The molecule has 1 aliphatic heterocycles. The normalized spacial score (nSPS) is 17.9. The van der Waals surface area contributed by atoms with Crippen LogP contribution in [0, 0.1) is 6.92 Å². The summed E-state index contributed by atoms with van der Waals surface area (Å²) in [6.07, 6.45) is 0.880. The average Bonchev–Trinajstić information content (AvgIpc) is 2.93. The molecule has 0 saturated heterocycles. The average molecular weight is 258 g/mol. The molecule has 0 fully saturated rings. The Morgan fingerprint density at radius 2 is 2.05 bits per heavy atom. The predicted octanol–water partition coefficient (Wildman–Crippen LogP) is 3.34. The highest BCUT2D eigenvalue weighted by Gasteiger charge is 2.32. The number of aryl methyl sites for hydroxylation is 1. The van der Waals surface area contributed by atoms with Gasteiger partial charge in [0, 0.05) is 11.0 Å². The molecule has 0 bridgehead atoms. The molecule has 1 aromatic heterocycles. The molecule has 3 nitrogen and oxygen atoms in total. The fourth-order valence-corrected chi connectivity index (χ4v) is 2.52. The highest BCUT2D eigenvalue weighted by Crippen LogP contribution is 2.40. The second-order valence-electron chi connectivity index (χ2n) is 5.80. The summed E-state index contributed by atoms with van der Waals surface area (Å²) in [6.45, 7) is 6.91. The van der Waals surface area contributed by atoms with Crippen molar-refractivity contribution in [3.05, 3.63) is 53.0 Å². The third-order valence-electron chi connectivity index (χ3n) is 3.79. The minimum absolute atomic E-state index is 0.0106. The number of aliphatic hydroxyl groups excluding tert-OH is 1. The number of rotatable bonds is 2. The molecule has 0 spiro atoms. The van der Waals surface area contributed by atoms with Gasteiger partial charge in [-0.1, -0.05) is 19.9 Å². The van der Waals surface area contributed by atoms with E-state index in [0.717, 1.165) is 22.4 Å². The topological polar surface area (TPSA) is 42.6 Å². The third kappa shape index (κ3) is 1.94. The lowest BCUT2D eigenvalue weighted by Crippen LogP contribution is -2.18. The maximum Gasteiger partial charge on any atom is 0.139 e. The lowest BCUT2D eigenvalue weighted by molar-refractivity contribution is 0.188. The SMILES string of the molecule is Cc1ccoc1C(O)c1ccc2c(c1)C(C)(C)CO2. The quantitative estimate of drug-likeness (QED) is 0.898. The van der Waals surface area contributed by atoms with Crippen LogP contribution >= 0.6 is 0 Å². The van der Waals surface area contributed by atoms with Crippen molar-refractivity contribution in [1.82, 2.24) is 0 Å². The number of hydrogen-bond donors (Lipinski definition) is 1. The fourth-order valence-electron chi connectivity index (χ4n) is 2.52. The first-order valence-electron chi connectivity index (χ1n) is 6.48. The largest absolute Gasteiger partial charge is 0.492 e. The highest BCUT2D eigenvalue weighted by molar-refractivity contribution is 5.46. The zero-order valence-electron chi connectivity index (χ0n) is 11.4. The summed E-state index contributed by atoms with van der Waals surface area (Å²) in [6, 6.07) is 7.71. The van der Waals surface area contributed by atoms with Gasteiger partial charge in [0.15, 0.2) is 0 Å². The monoisotopic (exact) mass is 258 g/mol. The van der Waals surface area contributed by atoms with Crippen LogP contribution in [0.1, 0.15) is 42.4 Å². The van der Waals surface area contributed by atoms with Gasteiger partial charge in [-0.05, 0) is 36.2 Å². The lowest BCUT2D eigenvalue weighted by atomic mass is 9.85. The van der Waals surface area contributed by atoms with E-state index in [4.69, 9.17) is 9.15 Å². The van der Waals surface area contributed by atoms with E-state index in [0.29, 0.717) is 12.4 Å². The molecule has 100 valence electrons. The Hall–Kier alpha value is -1.74. The molecule has 0 radical (unpaired) electrons. The van der Waals surface area contributed by atoms with E-state index in [1.807, 2.05) is 31.2 Å². The first kappa shape index (κ1) is 12.3. The Morgan fingerprint density at radius 1 is 1.26 bits per heavy atom. The van der Waals surface area contributed by atoms with E-state index in [2.05, 4.69) is 13.8 Å². The number of furan rings is 1. The summed E-state index contributed by atoms with van der Waals surface area (Å²) in [5.74, 6) is 1.52. The Balaban J connectivity index is 2.02. The van der Waals surface area contributed by atoms with Gasteiger partial charge in [0.25, 0.3) is 0 Å². The Labute approximate surface area is 112 Å². The molecule has 0 amide bonds. The minimum Gasteiger partial charge on any atom is -0.492 e. The number of benzene rings is 1. The van der Waals surface area contributed by atoms with Crippen molar-refractivity contribution >= 4 is 0 Å². The maximum atomic E-state index is 10.4. The molecule has 19 heavy (non-hydrogen) atoms. The zero-order valence-corrected chi connectivity index (χ0v) is 11.4. The van der Waals surface area contributed by atoms with Gasteiger partial charge in [0.05, 0.1) is 12.9 Å². The summed E-state index contributed by atoms with van der Waals surface area (Å²) in [5, 5.41) is 10.4. The highest BCUT2D eigenvalue weighted by atomic mass is 16.5. The molecule has 1 aliphatic rings. The zero-order chi connectivity index (χ0) is 13.6. The van der Waals surface area contributed by atoms with E-state index in [9.17, 15) is 5.11 Å². The second-order valence-corrected chi connectivity index (χ2v) is 5.80. The molecule has 2 aromatic rings. The third-order valence-corrected chi connectivity index (χ3v) is 3.79. The van der Waals surface area contributed by atoms with Gasteiger partial charge in [-0.3, -0.25) is 0 Å². The molecule has 3 heteroatoms. The smallest absolute Gasteiger partial charge is 0.139 e. The van der Waals surface area contributed by atoms with Crippen molar-refractivity contribution in [2.24, 2.45) is 0 Å². The summed E-state index contributed by atoms with van der Waals surface area (Å²) < 4.78 is 11.0. The molecule has 1 atom stereocenters. The molecule has 0 aliphatic carbocycles. The van der Waals surface area contributed by atoms with Gasteiger partial charge in [-0.15, -0.1) is 0 Å². The van der Waals surface area contributed by atoms with E-state index in [1.165, 1.54) is 0 Å². The standard InChI is InChI=1S/C16H18O3/c1-10-6-7-18-15(10)14(17)11-4-5-13-12(8-11)16(2,3)9-19-13/h4-8,14,17H,9H2,1-3H3. The van der Waals surface area contributed by atoms with Gasteiger partial charge >= 0.3 is 0 Å². The summed E-state index contributed by atoms with van der Waals surface area (Å²) in [5.41, 5.74) is 2.94. The van der Waals surface area contributed by atoms with E-state index in [1.54, 1.807) is 6.26 Å². The van der Waals surface area contributed by atoms with Crippen LogP contribution in [0.25, 0.3) is 0 Å². The van der Waals surface area contributed by atoms with Gasteiger partial charge in [-0.2, -0.15) is 0 Å². The van der Waals surface area contributed by atoms with Crippen LogP contribution in [-0.4, -0.2) is 11.7 Å². The van der Waals surface area contributed by atoms with E-state index < -0.39 is 6.10 Å². The van der Waals surface area contributed by atoms with Crippen molar-refractivity contribution in [3.8, 4) is 5.75 Å². The van der Waals surface area contributed by atoms with Crippen LogP contribution in [0.4, 0.5) is 0 Å². The van der Waals surface area contributed by atoms with Crippen LogP contribution in [0.2, 0.25) is 0 Å². The van der Waals surface area contributed by atoms with Crippen molar-refractivity contribution < 1.29 is 14.3 Å². The van der Waals surface area contributed by atoms with Crippen LogP contribution in [-0.2, 0) is 5.41 Å². The Bertz CT molecular complexity index is 610. The number of ether oxygens (including phenoxy) is 1. The first-order chi connectivity index (χ1) is 8.99. The lowest BCUT2D eigenvalue weighted by Gasteiger charge is -2.17. The number of hydrogen-bond acceptors (Lipinski definition) is 3. The van der Waals surface area contributed by atoms with Gasteiger partial charge < -0.3 is 14.3 Å². The number of fused-ring (bicyclic) bond motifs is 1. The molecule has 1 unspecified atom stereocenters. The molecule has 1 N–H and O–H groups in total. The molecule has 0 saturated carbocycles. The van der Waals surface area contributed by atoms with Crippen molar-refractivity contribution in [2.45, 2.75) is 32.3 Å². The van der Waals surface area contributed by atoms with Gasteiger partial charge in [-0.25, -0.2) is 0 Å². The molecule has 1 aromatic carbocycles. The van der Waals surface area contributed by atoms with Crippen molar-refractivity contribution in [1.29, 1.82) is 0 Å². The Kier molecular flexibility index (Phi) is 2.68. The van der Waals surface area contributed by atoms with Crippen LogP contribution < -0.4 is 4.74 Å². The fraction of sp³-hybridized carbons (Fsp3) is 0.375.